The number of aromatic nitrogens is 2. The Morgan fingerprint density at radius 3 is 2.60 bits per heavy atom. The highest BCUT2D eigenvalue weighted by atomic mass is 32.2. The van der Waals surface area contributed by atoms with Crippen LogP contribution >= 0.6 is 0 Å². The number of ether oxygens (including phenoxy) is 1. The SMILES string of the molecule is O=C(O)c1cc(=O)n(Cc2ccccc2OCCCCS(=O)(=O)O)[nH]1. The molecule has 0 radical (unpaired) electrons. The average Bonchev–Trinajstić information content (AvgIpc) is 2.89. The average molecular weight is 370 g/mol. The van der Waals surface area contributed by atoms with Gasteiger partial charge in [-0.05, 0) is 18.9 Å². The highest BCUT2D eigenvalue weighted by molar-refractivity contribution is 7.85. The topological polar surface area (TPSA) is 139 Å². The summed E-state index contributed by atoms with van der Waals surface area (Å²) in [4.78, 5) is 22.7. The van der Waals surface area contributed by atoms with Crippen LogP contribution in [-0.2, 0) is 16.7 Å². The van der Waals surface area contributed by atoms with E-state index < -0.39 is 21.6 Å². The number of hydrogen-bond acceptors (Lipinski definition) is 5. The number of unbranched alkanes of at least 4 members (excludes halogenated alkanes) is 1. The zero-order chi connectivity index (χ0) is 18.4. The molecule has 0 aliphatic carbocycles. The molecule has 0 amide bonds. The molecule has 10 heteroatoms. The Balaban J connectivity index is 2.01. The molecular formula is C15H18N2O7S. The molecule has 0 atom stereocenters. The summed E-state index contributed by atoms with van der Waals surface area (Å²) in [5.74, 6) is -1.04. The first-order chi connectivity index (χ1) is 11.8. The standard InChI is InChI=1S/C15H18N2O7S/c18-14-9-12(15(19)20)16-17(14)10-11-5-1-2-6-13(11)24-7-3-4-8-25(21,22)23/h1-2,5-6,9,16H,3-4,7-8,10H2,(H,19,20)(H,21,22,23). The van der Waals surface area contributed by atoms with Crippen LogP contribution in [0.5, 0.6) is 5.75 Å². The highest BCUT2D eigenvalue weighted by Crippen LogP contribution is 2.19. The number of rotatable bonds is 9. The molecule has 1 heterocycles. The minimum absolute atomic E-state index is 0.104. The van der Waals surface area contributed by atoms with Gasteiger partial charge in [0.1, 0.15) is 11.4 Å². The van der Waals surface area contributed by atoms with E-state index >= 15 is 0 Å². The number of hydrogen-bond donors (Lipinski definition) is 3. The lowest BCUT2D eigenvalue weighted by atomic mass is 10.2. The maximum Gasteiger partial charge on any atom is 0.353 e. The molecule has 0 saturated heterocycles. The van der Waals surface area contributed by atoms with E-state index in [1.807, 2.05) is 0 Å². The predicted molar refractivity (Wildman–Crippen MR) is 88.7 cm³/mol. The first-order valence-corrected chi connectivity index (χ1v) is 9.06. The van der Waals surface area contributed by atoms with Gasteiger partial charge in [0.15, 0.2) is 0 Å². The first-order valence-electron chi connectivity index (χ1n) is 7.45. The maximum absolute atomic E-state index is 11.8. The van der Waals surface area contributed by atoms with Gasteiger partial charge in [0, 0.05) is 11.6 Å². The van der Waals surface area contributed by atoms with Crippen molar-refractivity contribution >= 4 is 16.1 Å². The molecular weight excluding hydrogens is 352 g/mol. The molecule has 0 aliphatic heterocycles. The summed E-state index contributed by atoms with van der Waals surface area (Å²) in [7, 11) is -3.97. The highest BCUT2D eigenvalue weighted by Gasteiger charge is 2.11. The molecule has 0 saturated carbocycles. The van der Waals surface area contributed by atoms with Crippen LogP contribution in [0.25, 0.3) is 0 Å². The number of aromatic amines is 1. The van der Waals surface area contributed by atoms with Crippen molar-refractivity contribution < 1.29 is 27.6 Å². The Bertz CT molecular complexity index is 899. The lowest BCUT2D eigenvalue weighted by Gasteiger charge is -2.11. The minimum Gasteiger partial charge on any atom is -0.493 e. The van der Waals surface area contributed by atoms with Gasteiger partial charge in [-0.3, -0.25) is 14.4 Å². The summed E-state index contributed by atoms with van der Waals surface area (Å²) in [5.41, 5.74) is -0.00728. The Morgan fingerprint density at radius 1 is 1.24 bits per heavy atom. The second kappa shape index (κ2) is 7.99. The van der Waals surface area contributed by atoms with Crippen LogP contribution in [0.2, 0.25) is 0 Å². The lowest BCUT2D eigenvalue weighted by Crippen LogP contribution is -2.17. The number of H-pyrrole nitrogens is 1. The van der Waals surface area contributed by atoms with Crippen molar-refractivity contribution in [2.75, 3.05) is 12.4 Å². The molecule has 1 aromatic carbocycles. The summed E-state index contributed by atoms with van der Waals surface area (Å²) < 4.78 is 36.7. The quantitative estimate of drug-likeness (QED) is 0.441. The Morgan fingerprint density at radius 2 is 1.96 bits per heavy atom. The summed E-state index contributed by atoms with van der Waals surface area (Å²) in [6.07, 6.45) is 0.693. The number of carboxylic acid groups (broad SMARTS) is 1. The third kappa shape index (κ3) is 5.76. The van der Waals surface area contributed by atoms with E-state index in [0.29, 0.717) is 17.7 Å². The zero-order valence-electron chi connectivity index (χ0n) is 13.2. The van der Waals surface area contributed by atoms with E-state index in [0.717, 1.165) is 10.7 Å². The molecule has 0 spiro atoms. The third-order valence-electron chi connectivity index (χ3n) is 3.37. The molecule has 0 aliphatic rings. The van der Waals surface area contributed by atoms with Crippen molar-refractivity contribution in [1.82, 2.24) is 9.78 Å². The van der Waals surface area contributed by atoms with Crippen LogP contribution in [0.3, 0.4) is 0 Å². The van der Waals surface area contributed by atoms with Crippen LogP contribution in [0.1, 0.15) is 28.9 Å². The van der Waals surface area contributed by atoms with Crippen molar-refractivity contribution in [1.29, 1.82) is 0 Å². The first kappa shape index (κ1) is 18.7. The van der Waals surface area contributed by atoms with Crippen LogP contribution < -0.4 is 10.3 Å². The molecule has 0 unspecified atom stereocenters. The van der Waals surface area contributed by atoms with Gasteiger partial charge >= 0.3 is 5.97 Å². The Labute approximate surface area is 143 Å². The number of nitrogens with zero attached hydrogens (tertiary/aromatic N) is 1. The van der Waals surface area contributed by atoms with Crippen LogP contribution in [0.4, 0.5) is 0 Å². The van der Waals surface area contributed by atoms with Crippen LogP contribution in [0, 0.1) is 0 Å². The molecule has 3 N–H and O–H groups in total. The fourth-order valence-electron chi connectivity index (χ4n) is 2.18. The fourth-order valence-corrected chi connectivity index (χ4v) is 2.74. The van der Waals surface area contributed by atoms with Gasteiger partial charge in [-0.2, -0.15) is 8.42 Å². The number of aromatic carboxylic acids is 1. The predicted octanol–water partition coefficient (Wildman–Crippen LogP) is 0.970. The largest absolute Gasteiger partial charge is 0.493 e. The monoisotopic (exact) mass is 370 g/mol. The second-order valence-electron chi connectivity index (χ2n) is 5.35. The minimum atomic E-state index is -3.97. The number of para-hydroxylation sites is 1. The molecule has 0 bridgehead atoms. The lowest BCUT2D eigenvalue weighted by molar-refractivity contribution is 0.0689. The summed E-state index contributed by atoms with van der Waals surface area (Å²) in [6, 6.07) is 7.94. The van der Waals surface area contributed by atoms with E-state index in [1.54, 1.807) is 24.3 Å². The molecule has 0 fully saturated rings. The van der Waals surface area contributed by atoms with Gasteiger partial charge in [-0.15, -0.1) is 0 Å². The van der Waals surface area contributed by atoms with Crippen molar-refractivity contribution in [2.45, 2.75) is 19.4 Å². The molecule has 2 aromatic rings. The van der Waals surface area contributed by atoms with Crippen molar-refractivity contribution in [3.63, 3.8) is 0 Å². The van der Waals surface area contributed by atoms with Crippen molar-refractivity contribution in [3.8, 4) is 5.75 Å². The van der Waals surface area contributed by atoms with Gasteiger partial charge in [0.05, 0.1) is 18.9 Å². The fraction of sp³-hybridized carbons (Fsp3) is 0.333. The van der Waals surface area contributed by atoms with Gasteiger partial charge in [0.25, 0.3) is 15.7 Å². The molecule has 9 nitrogen and oxygen atoms in total. The number of nitrogens with one attached hydrogen (secondary N) is 1. The van der Waals surface area contributed by atoms with Gasteiger partial charge in [-0.1, -0.05) is 18.2 Å². The molecule has 2 rings (SSSR count). The molecule has 25 heavy (non-hydrogen) atoms. The van der Waals surface area contributed by atoms with E-state index in [4.69, 9.17) is 14.4 Å². The van der Waals surface area contributed by atoms with Crippen LogP contribution in [-0.4, -0.2) is 46.2 Å². The maximum atomic E-state index is 11.8. The molecule has 1 aromatic heterocycles. The normalized spacial score (nSPS) is 11.4. The Hall–Kier alpha value is -2.59. The van der Waals surface area contributed by atoms with E-state index in [9.17, 15) is 18.0 Å². The summed E-state index contributed by atoms with van der Waals surface area (Å²) in [5, 5.41) is 11.4. The van der Waals surface area contributed by atoms with Gasteiger partial charge in [0.2, 0.25) is 0 Å². The zero-order valence-corrected chi connectivity index (χ0v) is 14.0. The van der Waals surface area contributed by atoms with Crippen LogP contribution in [0.15, 0.2) is 35.1 Å². The summed E-state index contributed by atoms with van der Waals surface area (Å²) >= 11 is 0. The summed E-state index contributed by atoms with van der Waals surface area (Å²) in [6.45, 7) is 0.347. The van der Waals surface area contributed by atoms with E-state index in [1.165, 1.54) is 0 Å². The van der Waals surface area contributed by atoms with E-state index in [2.05, 4.69) is 5.10 Å². The van der Waals surface area contributed by atoms with Gasteiger partial charge in [-0.25, -0.2) is 9.48 Å². The van der Waals surface area contributed by atoms with Gasteiger partial charge < -0.3 is 9.84 Å². The smallest absolute Gasteiger partial charge is 0.353 e. The van der Waals surface area contributed by atoms with E-state index in [-0.39, 0.29) is 31.0 Å². The van der Waals surface area contributed by atoms with Crippen molar-refractivity contribution in [2.24, 2.45) is 0 Å². The number of benzene rings is 1. The molecule has 136 valence electrons. The Kier molecular flexibility index (Phi) is 5.99. The van der Waals surface area contributed by atoms with Crippen molar-refractivity contribution in [3.05, 3.63) is 51.9 Å². The second-order valence-corrected chi connectivity index (χ2v) is 6.92. The number of carbonyl (C=O) groups is 1. The number of carboxylic acids is 1. The third-order valence-corrected chi connectivity index (χ3v) is 4.18.